The fourth-order valence-electron chi connectivity index (χ4n) is 7.37. The zero-order valence-corrected chi connectivity index (χ0v) is 49.5. The first-order valence-corrected chi connectivity index (χ1v) is 31.0. The van der Waals surface area contributed by atoms with Crippen molar-refractivity contribution in [2.75, 3.05) is 47.5 Å². The number of hydrogen-bond acceptors (Lipinski definition) is 8. The number of phosphoric acid groups is 1. The van der Waals surface area contributed by atoms with E-state index in [4.69, 9.17) is 18.5 Å². The van der Waals surface area contributed by atoms with E-state index < -0.39 is 32.5 Å². The second-order valence-electron chi connectivity index (χ2n) is 20.2. The number of esters is 2. The molecule has 0 spiro atoms. The summed E-state index contributed by atoms with van der Waals surface area (Å²) in [5.74, 6) is -0.869. The van der Waals surface area contributed by atoms with Crippen LogP contribution in [0.15, 0.2) is 146 Å². The molecule has 0 aromatic carbocycles. The SMILES string of the molecule is CC/C=C\C/C=C\C/C=C\C/C=C\C/C=C\C/C=C\C/C=C\C/C=C\C/C=C\CCCCCCCCCC(=O)OC(COC(=O)CCCCCCCCC/C=C\C/C=C\C/C=C\CC)COP(=O)([O-])OCC[N+](C)(C)C. The van der Waals surface area contributed by atoms with Gasteiger partial charge in [0.1, 0.15) is 19.8 Å². The summed E-state index contributed by atoms with van der Waals surface area (Å²) in [5.41, 5.74) is 0. The number of phosphoric ester groups is 1. The number of quaternary nitrogens is 1. The lowest BCUT2D eigenvalue weighted by Crippen LogP contribution is -2.37. The Morgan fingerprint density at radius 1 is 0.408 bits per heavy atom. The zero-order valence-electron chi connectivity index (χ0n) is 48.6. The van der Waals surface area contributed by atoms with Crippen LogP contribution >= 0.6 is 7.82 Å². The molecule has 0 N–H and O–H groups in total. The van der Waals surface area contributed by atoms with Gasteiger partial charge in [-0.3, -0.25) is 14.2 Å². The predicted molar refractivity (Wildman–Crippen MR) is 323 cm³/mol. The van der Waals surface area contributed by atoms with Gasteiger partial charge in [-0.1, -0.05) is 224 Å². The van der Waals surface area contributed by atoms with Gasteiger partial charge < -0.3 is 27.9 Å². The van der Waals surface area contributed by atoms with Crippen LogP contribution < -0.4 is 4.89 Å². The second-order valence-corrected chi connectivity index (χ2v) is 21.7. The molecule has 0 aliphatic heterocycles. The number of carbonyl (C=O) groups is 2. The van der Waals surface area contributed by atoms with Gasteiger partial charge in [0.15, 0.2) is 6.10 Å². The molecule has 0 aliphatic carbocycles. The third-order valence-electron chi connectivity index (χ3n) is 11.9. The number of carbonyl (C=O) groups excluding carboxylic acids is 2. The molecular weight excluding hydrogens is 966 g/mol. The van der Waals surface area contributed by atoms with Gasteiger partial charge in [0.2, 0.25) is 0 Å². The first kappa shape index (κ1) is 71.9. The largest absolute Gasteiger partial charge is 0.756 e. The molecule has 10 heteroatoms. The van der Waals surface area contributed by atoms with E-state index in [0.717, 1.165) is 135 Å². The highest BCUT2D eigenvalue weighted by atomic mass is 31.2. The van der Waals surface area contributed by atoms with E-state index in [1.165, 1.54) is 32.1 Å². The smallest absolute Gasteiger partial charge is 0.306 e. The first-order chi connectivity index (χ1) is 37.0. The topological polar surface area (TPSA) is 111 Å². The summed E-state index contributed by atoms with van der Waals surface area (Å²) in [7, 11) is 1.13. The molecule has 0 aromatic rings. The van der Waals surface area contributed by atoms with Crippen LogP contribution in [0.4, 0.5) is 0 Å². The lowest BCUT2D eigenvalue weighted by molar-refractivity contribution is -0.870. The Kier molecular flexibility index (Phi) is 52.6. The van der Waals surface area contributed by atoms with E-state index in [1.807, 2.05) is 21.1 Å². The van der Waals surface area contributed by atoms with Crippen molar-refractivity contribution >= 4 is 19.8 Å². The van der Waals surface area contributed by atoms with E-state index in [9.17, 15) is 19.0 Å². The highest BCUT2D eigenvalue weighted by molar-refractivity contribution is 7.45. The molecule has 9 nitrogen and oxygen atoms in total. The molecule has 0 amide bonds. The summed E-state index contributed by atoms with van der Waals surface area (Å²) in [5, 5.41) is 0. The summed E-state index contributed by atoms with van der Waals surface area (Å²) in [6.45, 7) is 3.96. The number of allylic oxidation sites excluding steroid dienone is 24. The lowest BCUT2D eigenvalue weighted by Gasteiger charge is -2.28. The van der Waals surface area contributed by atoms with Crippen LogP contribution in [-0.2, 0) is 32.7 Å². The number of hydrogen-bond donors (Lipinski definition) is 0. The Morgan fingerprint density at radius 3 is 1.05 bits per heavy atom. The van der Waals surface area contributed by atoms with Crippen molar-refractivity contribution in [1.29, 1.82) is 0 Å². The molecule has 0 fully saturated rings. The number of likely N-dealkylation sites (N-methyl/N-ethyl adjacent to an activating group) is 1. The van der Waals surface area contributed by atoms with Gasteiger partial charge in [-0.25, -0.2) is 0 Å². The molecule has 0 rings (SSSR count). The summed E-state index contributed by atoms with van der Waals surface area (Å²) < 4.78 is 34.1. The van der Waals surface area contributed by atoms with Gasteiger partial charge in [-0.05, 0) is 116 Å². The molecule has 2 unspecified atom stereocenters. The Hall–Kier alpha value is -4.11. The molecule has 0 aliphatic rings. The lowest BCUT2D eigenvalue weighted by atomic mass is 10.1. The quantitative estimate of drug-likeness (QED) is 0.0195. The fourth-order valence-corrected chi connectivity index (χ4v) is 8.10. The van der Waals surface area contributed by atoms with Crippen molar-refractivity contribution in [1.82, 2.24) is 0 Å². The molecule has 0 radical (unpaired) electrons. The summed E-state index contributed by atoms with van der Waals surface area (Å²) in [4.78, 5) is 37.9. The maximum Gasteiger partial charge on any atom is 0.306 e. The second kappa shape index (κ2) is 55.6. The van der Waals surface area contributed by atoms with Crippen molar-refractivity contribution in [2.24, 2.45) is 0 Å². The Bertz CT molecular complexity index is 1790. The van der Waals surface area contributed by atoms with Crippen LogP contribution in [0.25, 0.3) is 0 Å². The van der Waals surface area contributed by atoms with Crippen molar-refractivity contribution < 1.29 is 42.1 Å². The van der Waals surface area contributed by atoms with Crippen molar-refractivity contribution in [3.05, 3.63) is 146 Å². The third kappa shape index (κ3) is 59.1. The van der Waals surface area contributed by atoms with Crippen LogP contribution in [0.5, 0.6) is 0 Å². The maximum absolute atomic E-state index is 12.8. The maximum atomic E-state index is 12.8. The molecular formula is C66H108NO8P. The molecule has 0 heterocycles. The molecule has 0 saturated heterocycles. The molecule has 0 aromatic heterocycles. The van der Waals surface area contributed by atoms with Crippen LogP contribution in [-0.4, -0.2) is 70.0 Å². The molecule has 0 saturated carbocycles. The van der Waals surface area contributed by atoms with E-state index in [0.29, 0.717) is 23.9 Å². The number of rotatable bonds is 52. The fraction of sp³-hybridized carbons (Fsp3) is 0.606. The van der Waals surface area contributed by atoms with Crippen molar-refractivity contribution in [2.45, 2.75) is 213 Å². The van der Waals surface area contributed by atoms with Crippen molar-refractivity contribution in [3.8, 4) is 0 Å². The minimum Gasteiger partial charge on any atom is -0.756 e. The van der Waals surface area contributed by atoms with Crippen LogP contribution in [0.1, 0.15) is 206 Å². The minimum absolute atomic E-state index is 0.0431. The van der Waals surface area contributed by atoms with E-state index in [1.54, 1.807) is 0 Å². The van der Waals surface area contributed by atoms with Gasteiger partial charge in [-0.15, -0.1) is 0 Å². The summed E-state index contributed by atoms with van der Waals surface area (Å²) >= 11 is 0. The first-order valence-electron chi connectivity index (χ1n) is 29.5. The Balaban J connectivity index is 4.21. The van der Waals surface area contributed by atoms with Gasteiger partial charge in [-0.2, -0.15) is 0 Å². The van der Waals surface area contributed by atoms with E-state index >= 15 is 0 Å². The number of unbranched alkanes of at least 4 members (excludes halogenated alkanes) is 14. The zero-order chi connectivity index (χ0) is 55.6. The predicted octanol–water partition coefficient (Wildman–Crippen LogP) is 18.1. The standard InChI is InChI=1S/C66H108NO8P/c1-6-8-10-12-14-16-18-20-22-24-25-26-27-28-29-30-31-32-33-34-35-36-37-38-39-40-41-43-45-47-49-51-53-55-57-59-66(69)75-64(63-74-76(70,71)73-61-60-67(3,4)5)62-72-65(68)58-56-54-52-50-48-46-44-42-23-21-19-17-15-13-11-9-7-2/h8-11,14-17,20-23,25-26,28-29,31-32,34-35,37-38,40-41,64H,6-7,12-13,18-19,24,27,30,33,36,39,42-63H2,1-5H3/b10-8-,11-9-,16-14-,17-15-,22-20-,23-21-,26-25-,29-28-,32-31-,35-34-,38-37-,41-40-. The average molecular weight is 1070 g/mol. The van der Waals surface area contributed by atoms with Gasteiger partial charge in [0.05, 0.1) is 27.7 Å². The normalized spacial score (nSPS) is 14.3. The number of nitrogens with zero attached hydrogens (tertiary/aromatic N) is 1. The average Bonchev–Trinajstić information content (AvgIpc) is 3.38. The highest BCUT2D eigenvalue weighted by Crippen LogP contribution is 2.38. The van der Waals surface area contributed by atoms with Gasteiger partial charge >= 0.3 is 11.9 Å². The van der Waals surface area contributed by atoms with Crippen LogP contribution in [0, 0.1) is 0 Å². The van der Waals surface area contributed by atoms with Crippen LogP contribution in [0.3, 0.4) is 0 Å². The third-order valence-corrected chi connectivity index (χ3v) is 12.8. The molecule has 0 bridgehead atoms. The van der Waals surface area contributed by atoms with E-state index in [2.05, 4.69) is 160 Å². The molecule has 2 atom stereocenters. The van der Waals surface area contributed by atoms with Crippen molar-refractivity contribution in [3.63, 3.8) is 0 Å². The summed E-state index contributed by atoms with van der Waals surface area (Å²) in [6.07, 6.45) is 81.8. The van der Waals surface area contributed by atoms with Gasteiger partial charge in [0, 0.05) is 12.8 Å². The van der Waals surface area contributed by atoms with Gasteiger partial charge in [0.25, 0.3) is 7.82 Å². The van der Waals surface area contributed by atoms with E-state index in [-0.39, 0.29) is 26.1 Å². The highest BCUT2D eigenvalue weighted by Gasteiger charge is 2.21. The minimum atomic E-state index is -4.65. The Labute approximate surface area is 465 Å². The summed E-state index contributed by atoms with van der Waals surface area (Å²) in [6, 6.07) is 0. The molecule has 430 valence electrons. The Morgan fingerprint density at radius 2 is 0.711 bits per heavy atom. The number of ether oxygens (including phenoxy) is 2. The van der Waals surface area contributed by atoms with Crippen LogP contribution in [0.2, 0.25) is 0 Å². The monoisotopic (exact) mass is 1070 g/mol. The molecule has 76 heavy (non-hydrogen) atoms.